The lowest BCUT2D eigenvalue weighted by Crippen LogP contribution is -2.28. The fourth-order valence-electron chi connectivity index (χ4n) is 2.06. The summed E-state index contributed by atoms with van der Waals surface area (Å²) in [5, 5.41) is 6.79. The van der Waals surface area contributed by atoms with E-state index in [9.17, 15) is 4.79 Å². The summed E-state index contributed by atoms with van der Waals surface area (Å²) in [6.07, 6.45) is 0. The van der Waals surface area contributed by atoms with Gasteiger partial charge in [0.25, 0.3) is 0 Å². The molecule has 0 aromatic heterocycles. The van der Waals surface area contributed by atoms with Crippen molar-refractivity contribution in [3.63, 3.8) is 0 Å². The molecular formula is C18H20N2O2S. The summed E-state index contributed by atoms with van der Waals surface area (Å²) in [7, 11) is 1.36. The first-order valence-corrected chi connectivity index (χ1v) is 7.70. The van der Waals surface area contributed by atoms with Crippen molar-refractivity contribution in [2.24, 2.45) is 0 Å². The van der Waals surface area contributed by atoms with Gasteiger partial charge in [0.1, 0.15) is 0 Å². The minimum Gasteiger partial charge on any atom is -0.465 e. The molecule has 0 bridgehead atoms. The zero-order valence-corrected chi connectivity index (χ0v) is 14.3. The van der Waals surface area contributed by atoms with E-state index in [1.807, 2.05) is 13.0 Å². The van der Waals surface area contributed by atoms with Gasteiger partial charge in [0, 0.05) is 12.2 Å². The summed E-state index contributed by atoms with van der Waals surface area (Å²) in [4.78, 5) is 11.6. The summed E-state index contributed by atoms with van der Waals surface area (Å²) in [5.41, 5.74) is 4.65. The second-order valence-corrected chi connectivity index (χ2v) is 5.72. The zero-order valence-electron chi connectivity index (χ0n) is 13.5. The molecule has 0 atom stereocenters. The standard InChI is InChI=1S/C18H20N2O2S/c1-12-4-7-14(8-5-12)11-19-18(23)20-16-10-15(17(21)22-3)9-6-13(16)2/h4-10H,11H2,1-3H3,(H2,19,20,23). The average molecular weight is 328 g/mol. The van der Waals surface area contributed by atoms with E-state index in [1.165, 1.54) is 12.7 Å². The van der Waals surface area contributed by atoms with E-state index >= 15 is 0 Å². The maximum atomic E-state index is 11.6. The molecule has 2 N–H and O–H groups in total. The van der Waals surface area contributed by atoms with Crippen LogP contribution < -0.4 is 10.6 Å². The van der Waals surface area contributed by atoms with Gasteiger partial charge in [-0.05, 0) is 49.3 Å². The van der Waals surface area contributed by atoms with Gasteiger partial charge in [0.05, 0.1) is 12.7 Å². The maximum Gasteiger partial charge on any atom is 0.337 e. The SMILES string of the molecule is COC(=O)c1ccc(C)c(NC(=S)NCc2ccc(C)cc2)c1. The molecule has 0 saturated heterocycles. The summed E-state index contributed by atoms with van der Waals surface area (Å²) < 4.78 is 4.74. The number of thiocarbonyl (C=S) groups is 1. The topological polar surface area (TPSA) is 50.4 Å². The highest BCUT2D eigenvalue weighted by Crippen LogP contribution is 2.17. The molecule has 0 radical (unpaired) electrons. The van der Waals surface area contributed by atoms with Crippen molar-refractivity contribution in [2.45, 2.75) is 20.4 Å². The minimum atomic E-state index is -0.369. The van der Waals surface area contributed by atoms with E-state index in [1.54, 1.807) is 12.1 Å². The lowest BCUT2D eigenvalue weighted by molar-refractivity contribution is 0.0601. The molecule has 2 aromatic rings. The van der Waals surface area contributed by atoms with Gasteiger partial charge in [-0.2, -0.15) is 0 Å². The van der Waals surface area contributed by atoms with Crippen LogP contribution in [0.3, 0.4) is 0 Å². The zero-order chi connectivity index (χ0) is 16.8. The Morgan fingerprint density at radius 2 is 1.83 bits per heavy atom. The molecule has 0 aliphatic carbocycles. The van der Waals surface area contributed by atoms with Gasteiger partial charge >= 0.3 is 5.97 Å². The van der Waals surface area contributed by atoms with Gasteiger partial charge in [0.2, 0.25) is 0 Å². The number of rotatable bonds is 4. The lowest BCUT2D eigenvalue weighted by atomic mass is 10.1. The monoisotopic (exact) mass is 328 g/mol. The first-order valence-electron chi connectivity index (χ1n) is 7.29. The Balaban J connectivity index is 1.99. The van der Waals surface area contributed by atoms with Crippen LogP contribution in [0.2, 0.25) is 0 Å². The van der Waals surface area contributed by atoms with E-state index in [0.29, 0.717) is 17.2 Å². The van der Waals surface area contributed by atoms with Crippen molar-refractivity contribution in [1.82, 2.24) is 5.32 Å². The lowest BCUT2D eigenvalue weighted by Gasteiger charge is -2.13. The molecular weight excluding hydrogens is 308 g/mol. The Bertz CT molecular complexity index is 711. The second-order valence-electron chi connectivity index (χ2n) is 5.31. The summed E-state index contributed by atoms with van der Waals surface area (Å²) in [6, 6.07) is 13.6. The van der Waals surface area contributed by atoms with E-state index in [0.717, 1.165) is 16.8 Å². The number of hydrogen-bond acceptors (Lipinski definition) is 3. The number of esters is 1. The van der Waals surface area contributed by atoms with Crippen LogP contribution in [-0.2, 0) is 11.3 Å². The molecule has 0 amide bonds. The largest absolute Gasteiger partial charge is 0.465 e. The Morgan fingerprint density at radius 1 is 1.13 bits per heavy atom. The predicted molar refractivity (Wildman–Crippen MR) is 96.8 cm³/mol. The average Bonchev–Trinajstić information content (AvgIpc) is 2.55. The number of anilines is 1. The van der Waals surface area contributed by atoms with Gasteiger partial charge in [-0.15, -0.1) is 0 Å². The van der Waals surface area contributed by atoms with E-state index in [4.69, 9.17) is 17.0 Å². The van der Waals surface area contributed by atoms with Gasteiger partial charge in [-0.1, -0.05) is 35.9 Å². The molecule has 2 aromatic carbocycles. The van der Waals surface area contributed by atoms with Crippen molar-refractivity contribution in [3.8, 4) is 0 Å². The van der Waals surface area contributed by atoms with Crippen LogP contribution in [0.15, 0.2) is 42.5 Å². The fraction of sp³-hybridized carbons (Fsp3) is 0.222. The first kappa shape index (κ1) is 17.0. The Labute approximate surface area is 141 Å². The molecule has 4 nitrogen and oxygen atoms in total. The number of aryl methyl sites for hydroxylation is 2. The molecule has 120 valence electrons. The smallest absolute Gasteiger partial charge is 0.337 e. The predicted octanol–water partition coefficient (Wildman–Crippen LogP) is 3.58. The highest BCUT2D eigenvalue weighted by molar-refractivity contribution is 7.80. The number of benzene rings is 2. The molecule has 2 rings (SSSR count). The van der Waals surface area contributed by atoms with Crippen LogP contribution in [0.1, 0.15) is 27.0 Å². The molecule has 0 heterocycles. The second kappa shape index (κ2) is 7.74. The number of nitrogens with one attached hydrogen (secondary N) is 2. The quantitative estimate of drug-likeness (QED) is 0.664. The Hall–Kier alpha value is -2.40. The van der Waals surface area contributed by atoms with Crippen LogP contribution in [0.5, 0.6) is 0 Å². The number of carbonyl (C=O) groups is 1. The Morgan fingerprint density at radius 3 is 2.48 bits per heavy atom. The molecule has 0 fully saturated rings. The highest BCUT2D eigenvalue weighted by atomic mass is 32.1. The first-order chi connectivity index (χ1) is 11.0. The molecule has 0 unspecified atom stereocenters. The summed E-state index contributed by atoms with van der Waals surface area (Å²) >= 11 is 5.32. The van der Waals surface area contributed by atoms with Crippen LogP contribution in [0.25, 0.3) is 0 Å². The fourth-order valence-corrected chi connectivity index (χ4v) is 2.24. The molecule has 0 saturated carbocycles. The third-order valence-electron chi connectivity index (χ3n) is 3.48. The molecule has 0 aliphatic rings. The Kier molecular flexibility index (Phi) is 5.71. The van der Waals surface area contributed by atoms with Crippen molar-refractivity contribution in [3.05, 3.63) is 64.7 Å². The molecule has 0 aliphatic heterocycles. The van der Waals surface area contributed by atoms with Gasteiger partial charge < -0.3 is 15.4 Å². The number of methoxy groups -OCH3 is 1. The number of ether oxygens (including phenoxy) is 1. The van der Waals surface area contributed by atoms with E-state index < -0.39 is 0 Å². The van der Waals surface area contributed by atoms with Crippen molar-refractivity contribution in [2.75, 3.05) is 12.4 Å². The van der Waals surface area contributed by atoms with Crippen LogP contribution in [0, 0.1) is 13.8 Å². The summed E-state index contributed by atoms with van der Waals surface area (Å²) in [6.45, 7) is 4.65. The van der Waals surface area contributed by atoms with Crippen molar-refractivity contribution in [1.29, 1.82) is 0 Å². The van der Waals surface area contributed by atoms with Crippen molar-refractivity contribution < 1.29 is 9.53 Å². The number of carbonyl (C=O) groups excluding carboxylic acids is 1. The molecule has 5 heteroatoms. The van der Waals surface area contributed by atoms with Crippen LogP contribution >= 0.6 is 12.2 Å². The van der Waals surface area contributed by atoms with Gasteiger partial charge in [0.15, 0.2) is 5.11 Å². The van der Waals surface area contributed by atoms with E-state index in [-0.39, 0.29) is 5.97 Å². The number of hydrogen-bond donors (Lipinski definition) is 2. The van der Waals surface area contributed by atoms with Crippen LogP contribution in [0.4, 0.5) is 5.69 Å². The van der Waals surface area contributed by atoms with E-state index in [2.05, 4.69) is 41.8 Å². The molecule has 0 spiro atoms. The maximum absolute atomic E-state index is 11.6. The van der Waals surface area contributed by atoms with Crippen LogP contribution in [-0.4, -0.2) is 18.2 Å². The normalized spacial score (nSPS) is 10.0. The minimum absolute atomic E-state index is 0.369. The highest BCUT2D eigenvalue weighted by Gasteiger charge is 2.09. The third kappa shape index (κ3) is 4.79. The van der Waals surface area contributed by atoms with Crippen molar-refractivity contribution >= 4 is 29.0 Å². The third-order valence-corrected chi connectivity index (χ3v) is 3.73. The summed E-state index contributed by atoms with van der Waals surface area (Å²) in [5.74, 6) is -0.369. The van der Waals surface area contributed by atoms with Gasteiger partial charge in [-0.3, -0.25) is 0 Å². The van der Waals surface area contributed by atoms with Gasteiger partial charge in [-0.25, -0.2) is 4.79 Å². The molecule has 23 heavy (non-hydrogen) atoms.